The van der Waals surface area contributed by atoms with Crippen molar-refractivity contribution in [3.63, 3.8) is 0 Å². The van der Waals surface area contributed by atoms with Crippen LogP contribution in [0.25, 0.3) is 0 Å². The van der Waals surface area contributed by atoms with Crippen molar-refractivity contribution in [2.24, 2.45) is 5.41 Å². The SMILES string of the molecule is O=C(O)C1(C(=O)Nc2ccc(F)cn2)CCC1. The Labute approximate surface area is 96.7 Å². The molecule has 0 atom stereocenters. The number of aromatic nitrogens is 1. The van der Waals surface area contributed by atoms with Crippen LogP contribution in [-0.2, 0) is 9.59 Å². The molecule has 1 aromatic rings. The van der Waals surface area contributed by atoms with Gasteiger partial charge >= 0.3 is 5.97 Å². The van der Waals surface area contributed by atoms with Gasteiger partial charge in [-0.15, -0.1) is 0 Å². The molecule has 1 aliphatic rings. The highest BCUT2D eigenvalue weighted by atomic mass is 19.1. The van der Waals surface area contributed by atoms with Gasteiger partial charge in [0.25, 0.3) is 0 Å². The quantitative estimate of drug-likeness (QED) is 0.780. The van der Waals surface area contributed by atoms with Gasteiger partial charge in [-0.3, -0.25) is 9.59 Å². The van der Waals surface area contributed by atoms with Crippen LogP contribution in [0.4, 0.5) is 10.2 Å². The van der Waals surface area contributed by atoms with E-state index in [0.29, 0.717) is 12.8 Å². The van der Waals surface area contributed by atoms with Gasteiger partial charge in [0.15, 0.2) is 0 Å². The fourth-order valence-electron chi connectivity index (χ4n) is 1.75. The van der Waals surface area contributed by atoms with Crippen molar-refractivity contribution in [3.8, 4) is 0 Å². The van der Waals surface area contributed by atoms with E-state index >= 15 is 0 Å². The zero-order chi connectivity index (χ0) is 12.5. The van der Waals surface area contributed by atoms with E-state index in [2.05, 4.69) is 10.3 Å². The molecule has 0 aromatic carbocycles. The van der Waals surface area contributed by atoms with Crippen LogP contribution >= 0.6 is 0 Å². The summed E-state index contributed by atoms with van der Waals surface area (Å²) in [4.78, 5) is 26.5. The molecule has 6 heteroatoms. The van der Waals surface area contributed by atoms with Crippen molar-refractivity contribution in [2.75, 3.05) is 5.32 Å². The van der Waals surface area contributed by atoms with E-state index in [0.717, 1.165) is 18.7 Å². The first kappa shape index (κ1) is 11.5. The lowest BCUT2D eigenvalue weighted by Gasteiger charge is -2.35. The molecule has 0 radical (unpaired) electrons. The van der Waals surface area contributed by atoms with E-state index in [1.54, 1.807) is 0 Å². The number of carbonyl (C=O) groups excluding carboxylic acids is 1. The number of anilines is 1. The molecule has 1 aromatic heterocycles. The van der Waals surface area contributed by atoms with Crippen molar-refractivity contribution in [2.45, 2.75) is 19.3 Å². The van der Waals surface area contributed by atoms with Crippen molar-refractivity contribution in [3.05, 3.63) is 24.1 Å². The molecular weight excluding hydrogens is 227 g/mol. The Kier molecular flexibility index (Phi) is 2.79. The van der Waals surface area contributed by atoms with Crippen molar-refractivity contribution in [1.82, 2.24) is 4.98 Å². The summed E-state index contributed by atoms with van der Waals surface area (Å²) in [5.41, 5.74) is -1.34. The Morgan fingerprint density at radius 2 is 2.12 bits per heavy atom. The highest BCUT2D eigenvalue weighted by molar-refractivity contribution is 6.08. The van der Waals surface area contributed by atoms with E-state index in [4.69, 9.17) is 5.11 Å². The maximum atomic E-state index is 12.6. The van der Waals surface area contributed by atoms with Gasteiger partial charge in [-0.05, 0) is 25.0 Å². The highest BCUT2D eigenvalue weighted by Crippen LogP contribution is 2.42. The summed E-state index contributed by atoms with van der Waals surface area (Å²) < 4.78 is 12.6. The Morgan fingerprint density at radius 3 is 2.53 bits per heavy atom. The van der Waals surface area contributed by atoms with Crippen molar-refractivity contribution >= 4 is 17.7 Å². The van der Waals surface area contributed by atoms with Crippen molar-refractivity contribution < 1.29 is 19.1 Å². The van der Waals surface area contributed by atoms with Gasteiger partial charge in [-0.2, -0.15) is 0 Å². The fraction of sp³-hybridized carbons (Fsp3) is 0.364. The second-order valence-electron chi connectivity index (χ2n) is 4.06. The predicted octanol–water partition coefficient (Wildman–Crippen LogP) is 1.41. The molecule has 90 valence electrons. The summed E-state index contributed by atoms with van der Waals surface area (Å²) in [5, 5.41) is 11.4. The number of rotatable bonds is 3. The van der Waals surface area contributed by atoms with Gasteiger partial charge in [0.05, 0.1) is 6.20 Å². The zero-order valence-electron chi connectivity index (χ0n) is 8.94. The molecule has 1 saturated carbocycles. The van der Waals surface area contributed by atoms with Crippen LogP contribution < -0.4 is 5.32 Å². The zero-order valence-corrected chi connectivity index (χ0v) is 8.94. The smallest absolute Gasteiger partial charge is 0.319 e. The van der Waals surface area contributed by atoms with Gasteiger partial charge in [0.1, 0.15) is 17.1 Å². The van der Waals surface area contributed by atoms with Gasteiger partial charge < -0.3 is 10.4 Å². The van der Waals surface area contributed by atoms with Gasteiger partial charge in [-0.1, -0.05) is 6.42 Å². The van der Waals surface area contributed by atoms with Crippen LogP contribution in [0.3, 0.4) is 0 Å². The third-order valence-electron chi connectivity index (χ3n) is 3.02. The summed E-state index contributed by atoms with van der Waals surface area (Å²) >= 11 is 0. The van der Waals surface area contributed by atoms with Crippen LogP contribution in [0, 0.1) is 11.2 Å². The summed E-state index contributed by atoms with van der Waals surface area (Å²) in [6.07, 6.45) is 2.34. The van der Waals surface area contributed by atoms with E-state index < -0.39 is 23.1 Å². The molecule has 2 rings (SSSR count). The molecule has 1 amide bonds. The molecule has 0 spiro atoms. The number of halogens is 1. The molecule has 0 bridgehead atoms. The number of hydrogen-bond donors (Lipinski definition) is 2. The van der Waals surface area contributed by atoms with Gasteiger partial charge in [0.2, 0.25) is 5.91 Å². The number of nitrogens with one attached hydrogen (secondary N) is 1. The van der Waals surface area contributed by atoms with E-state index in [1.807, 2.05) is 0 Å². The number of carbonyl (C=O) groups is 2. The molecule has 0 aliphatic heterocycles. The number of pyridine rings is 1. The minimum absolute atomic E-state index is 0.156. The van der Waals surface area contributed by atoms with Crippen LogP contribution in [0.5, 0.6) is 0 Å². The Hall–Kier alpha value is -1.98. The van der Waals surface area contributed by atoms with Crippen molar-refractivity contribution in [1.29, 1.82) is 0 Å². The first-order chi connectivity index (χ1) is 8.04. The van der Waals surface area contributed by atoms with Gasteiger partial charge in [-0.25, -0.2) is 9.37 Å². The highest BCUT2D eigenvalue weighted by Gasteiger charge is 2.51. The molecule has 1 fully saturated rings. The van der Waals surface area contributed by atoms with E-state index in [1.165, 1.54) is 6.07 Å². The van der Waals surface area contributed by atoms with Crippen LogP contribution in [0.2, 0.25) is 0 Å². The number of amides is 1. The number of carboxylic acids is 1. The monoisotopic (exact) mass is 238 g/mol. The summed E-state index contributed by atoms with van der Waals surface area (Å²) in [6.45, 7) is 0. The number of hydrogen-bond acceptors (Lipinski definition) is 3. The molecule has 1 heterocycles. The average molecular weight is 238 g/mol. The summed E-state index contributed by atoms with van der Waals surface area (Å²) in [7, 11) is 0. The maximum absolute atomic E-state index is 12.6. The largest absolute Gasteiger partial charge is 0.480 e. The second kappa shape index (κ2) is 4.12. The molecule has 5 nitrogen and oxygen atoms in total. The molecule has 0 unspecified atom stereocenters. The Bertz CT molecular complexity index is 454. The minimum Gasteiger partial charge on any atom is -0.480 e. The molecule has 2 N–H and O–H groups in total. The molecular formula is C11H11FN2O3. The number of carboxylic acid groups (broad SMARTS) is 1. The first-order valence-electron chi connectivity index (χ1n) is 5.21. The summed E-state index contributed by atoms with van der Waals surface area (Å²) in [6, 6.07) is 2.44. The fourth-order valence-corrected chi connectivity index (χ4v) is 1.75. The topological polar surface area (TPSA) is 79.3 Å². The summed E-state index contributed by atoms with van der Waals surface area (Å²) in [5.74, 6) is -2.07. The Morgan fingerprint density at radius 1 is 1.41 bits per heavy atom. The number of aliphatic carboxylic acids is 1. The normalized spacial score (nSPS) is 17.0. The van der Waals surface area contributed by atoms with Crippen LogP contribution in [0.1, 0.15) is 19.3 Å². The lowest BCUT2D eigenvalue weighted by molar-refractivity contribution is -0.159. The Balaban J connectivity index is 2.11. The molecule has 1 aliphatic carbocycles. The minimum atomic E-state index is -1.34. The van der Waals surface area contributed by atoms with E-state index in [9.17, 15) is 14.0 Å². The molecule has 17 heavy (non-hydrogen) atoms. The first-order valence-corrected chi connectivity index (χ1v) is 5.21. The van der Waals surface area contributed by atoms with Crippen LogP contribution in [-0.4, -0.2) is 22.0 Å². The lowest BCUT2D eigenvalue weighted by atomic mass is 9.68. The third-order valence-corrected chi connectivity index (χ3v) is 3.02. The molecule has 0 saturated heterocycles. The van der Waals surface area contributed by atoms with E-state index in [-0.39, 0.29) is 5.82 Å². The lowest BCUT2D eigenvalue weighted by Crippen LogP contribution is -2.48. The maximum Gasteiger partial charge on any atom is 0.319 e. The third kappa shape index (κ3) is 1.98. The average Bonchev–Trinajstić information content (AvgIpc) is 2.19. The number of nitrogens with zero attached hydrogens (tertiary/aromatic N) is 1. The second-order valence-corrected chi connectivity index (χ2v) is 4.06. The van der Waals surface area contributed by atoms with Crippen LogP contribution in [0.15, 0.2) is 18.3 Å². The predicted molar refractivity (Wildman–Crippen MR) is 56.7 cm³/mol. The van der Waals surface area contributed by atoms with Gasteiger partial charge in [0, 0.05) is 0 Å². The standard InChI is InChI=1S/C11H11FN2O3/c12-7-2-3-8(13-6-7)14-9(15)11(10(16)17)4-1-5-11/h2-3,6H,1,4-5H2,(H,16,17)(H,13,14,15).